The summed E-state index contributed by atoms with van der Waals surface area (Å²) < 4.78 is 9.26. The van der Waals surface area contributed by atoms with Crippen LogP contribution in [0.1, 0.15) is 0 Å². The highest BCUT2D eigenvalue weighted by molar-refractivity contribution is 7.26. The van der Waals surface area contributed by atoms with Gasteiger partial charge in [-0.3, -0.25) is 0 Å². The van der Waals surface area contributed by atoms with Crippen LogP contribution in [0.3, 0.4) is 0 Å². The minimum atomic E-state index is 0.857. The summed E-state index contributed by atoms with van der Waals surface area (Å²) in [6.07, 6.45) is 0. The molecule has 0 aliphatic heterocycles. The van der Waals surface area contributed by atoms with Gasteiger partial charge in [-0.15, -0.1) is 11.3 Å². The van der Waals surface area contributed by atoms with Gasteiger partial charge < -0.3 is 9.32 Å². The molecule has 0 saturated carbocycles. The number of furan rings is 1. The number of hydrogen-bond acceptors (Lipinski definition) is 3. The Labute approximate surface area is 357 Å². The van der Waals surface area contributed by atoms with E-state index < -0.39 is 0 Å². The van der Waals surface area contributed by atoms with Crippen LogP contribution in [0.15, 0.2) is 229 Å². The Balaban J connectivity index is 1.11. The number of fused-ring (bicyclic) bond motifs is 7. The second-order valence-corrected chi connectivity index (χ2v) is 16.7. The number of benzene rings is 10. The van der Waals surface area contributed by atoms with Crippen LogP contribution >= 0.6 is 11.3 Å². The van der Waals surface area contributed by atoms with Gasteiger partial charge in [-0.25, -0.2) is 0 Å². The van der Waals surface area contributed by atoms with Gasteiger partial charge in [0.05, 0.1) is 16.8 Å². The Kier molecular flexibility index (Phi) is 8.39. The van der Waals surface area contributed by atoms with Crippen molar-refractivity contribution in [1.82, 2.24) is 0 Å². The Morgan fingerprint density at radius 1 is 0.344 bits per heavy atom. The fourth-order valence-corrected chi connectivity index (χ4v) is 10.4. The van der Waals surface area contributed by atoms with Crippen molar-refractivity contribution in [3.63, 3.8) is 0 Å². The first kappa shape index (κ1) is 35.2. The van der Waals surface area contributed by atoms with Crippen LogP contribution in [0.5, 0.6) is 0 Å². The van der Waals surface area contributed by atoms with Gasteiger partial charge in [0.1, 0.15) is 11.2 Å². The number of anilines is 3. The van der Waals surface area contributed by atoms with Crippen LogP contribution in [0.4, 0.5) is 17.1 Å². The van der Waals surface area contributed by atoms with Gasteiger partial charge in [0.15, 0.2) is 0 Å². The van der Waals surface area contributed by atoms with E-state index in [1.165, 1.54) is 69.9 Å². The molecule has 0 bridgehead atoms. The minimum Gasteiger partial charge on any atom is -0.456 e. The molecule has 0 spiro atoms. The standard InChI is InChI=1S/C58H37NOS/c1-4-13-38(14-5-1)45-27-31-49-54(36-45)60-53-22-12-21-51(56(49)53)59(47-29-25-41(26-30-47)44-24-23-40-17-10-11-20-43(40)35-44)52-34-33-48(42-18-8-3-9-19-42)58-57(52)50-32-28-46(37-55(50)61-58)39-15-6-2-7-16-39/h1-37H. The molecule has 0 radical (unpaired) electrons. The third-order valence-electron chi connectivity index (χ3n) is 12.1. The predicted octanol–water partition coefficient (Wildman–Crippen LogP) is 17.2. The SMILES string of the molecule is c1ccc(-c2ccc3c(c2)oc2cccc(N(c4ccc(-c5ccc6ccccc6c5)cc4)c4ccc(-c5ccccc5)c5sc6cc(-c7ccccc7)ccc6c45)c23)cc1. The lowest BCUT2D eigenvalue weighted by molar-refractivity contribution is 0.669. The molecule has 0 amide bonds. The number of hydrogen-bond donors (Lipinski definition) is 0. The Hall–Kier alpha value is -7.72. The molecule has 12 aromatic rings. The average Bonchev–Trinajstić information content (AvgIpc) is 3.91. The summed E-state index contributed by atoms with van der Waals surface area (Å²) >= 11 is 1.88. The topological polar surface area (TPSA) is 16.4 Å². The van der Waals surface area contributed by atoms with Gasteiger partial charge in [-0.2, -0.15) is 0 Å². The van der Waals surface area contributed by atoms with Crippen LogP contribution in [-0.2, 0) is 0 Å². The average molecular weight is 796 g/mol. The molecule has 2 aromatic heterocycles. The van der Waals surface area contributed by atoms with Gasteiger partial charge in [0.2, 0.25) is 0 Å². The van der Waals surface area contributed by atoms with E-state index in [1.54, 1.807) is 0 Å². The molecule has 286 valence electrons. The van der Waals surface area contributed by atoms with E-state index in [-0.39, 0.29) is 0 Å². The third-order valence-corrected chi connectivity index (χ3v) is 13.2. The second kappa shape index (κ2) is 14.5. The molecule has 0 saturated heterocycles. The number of nitrogens with zero attached hydrogens (tertiary/aromatic N) is 1. The Morgan fingerprint density at radius 3 is 1.66 bits per heavy atom. The molecule has 2 heterocycles. The van der Waals surface area contributed by atoms with Crippen LogP contribution in [0.2, 0.25) is 0 Å². The first-order valence-electron chi connectivity index (χ1n) is 20.7. The molecule has 0 aliphatic rings. The zero-order chi connectivity index (χ0) is 40.3. The lowest BCUT2D eigenvalue weighted by Crippen LogP contribution is -2.11. The quantitative estimate of drug-likeness (QED) is 0.160. The molecule has 0 aliphatic carbocycles. The maximum absolute atomic E-state index is 6.74. The van der Waals surface area contributed by atoms with Crippen molar-refractivity contribution in [2.75, 3.05) is 4.90 Å². The predicted molar refractivity (Wildman–Crippen MR) is 261 cm³/mol. The maximum atomic E-state index is 6.74. The molecular weight excluding hydrogens is 759 g/mol. The van der Waals surface area contributed by atoms with Crippen molar-refractivity contribution in [3.05, 3.63) is 224 Å². The molecule has 0 N–H and O–H groups in total. The van der Waals surface area contributed by atoms with Crippen molar-refractivity contribution >= 4 is 81.3 Å². The van der Waals surface area contributed by atoms with Gasteiger partial charge >= 0.3 is 0 Å². The molecule has 2 nitrogen and oxygen atoms in total. The molecular formula is C58H37NOS. The van der Waals surface area contributed by atoms with E-state index >= 15 is 0 Å². The number of rotatable bonds is 7. The van der Waals surface area contributed by atoms with E-state index in [4.69, 9.17) is 4.42 Å². The number of thiophene rings is 1. The smallest absolute Gasteiger partial charge is 0.137 e. The molecule has 61 heavy (non-hydrogen) atoms. The minimum absolute atomic E-state index is 0.857. The lowest BCUT2D eigenvalue weighted by Gasteiger charge is -2.28. The molecule has 10 aromatic carbocycles. The molecule has 0 atom stereocenters. The summed E-state index contributed by atoms with van der Waals surface area (Å²) in [4.78, 5) is 2.46. The van der Waals surface area contributed by atoms with E-state index in [9.17, 15) is 0 Å². The zero-order valence-corrected chi connectivity index (χ0v) is 33.9. The van der Waals surface area contributed by atoms with E-state index in [0.717, 1.165) is 44.6 Å². The highest BCUT2D eigenvalue weighted by Gasteiger charge is 2.24. The summed E-state index contributed by atoms with van der Waals surface area (Å²) in [5, 5.41) is 7.12. The Morgan fingerprint density at radius 2 is 0.918 bits per heavy atom. The lowest BCUT2D eigenvalue weighted by atomic mass is 9.98. The largest absolute Gasteiger partial charge is 0.456 e. The molecule has 0 unspecified atom stereocenters. The van der Waals surface area contributed by atoms with Crippen molar-refractivity contribution in [3.8, 4) is 44.5 Å². The van der Waals surface area contributed by atoms with Crippen molar-refractivity contribution in [1.29, 1.82) is 0 Å². The fourth-order valence-electron chi connectivity index (χ4n) is 9.09. The molecule has 0 fully saturated rings. The molecule has 3 heteroatoms. The highest BCUT2D eigenvalue weighted by atomic mass is 32.1. The van der Waals surface area contributed by atoms with Gasteiger partial charge in [-0.05, 0) is 110 Å². The summed E-state index contributed by atoms with van der Waals surface area (Å²) in [7, 11) is 0. The van der Waals surface area contributed by atoms with Crippen LogP contribution in [0, 0.1) is 0 Å². The van der Waals surface area contributed by atoms with Crippen molar-refractivity contribution in [2.45, 2.75) is 0 Å². The summed E-state index contributed by atoms with van der Waals surface area (Å²) in [6.45, 7) is 0. The van der Waals surface area contributed by atoms with Gasteiger partial charge in [0, 0.05) is 31.2 Å². The summed E-state index contributed by atoms with van der Waals surface area (Å²) in [6, 6.07) is 81.1. The third kappa shape index (κ3) is 6.09. The zero-order valence-electron chi connectivity index (χ0n) is 33.1. The van der Waals surface area contributed by atoms with E-state index in [0.29, 0.717) is 0 Å². The van der Waals surface area contributed by atoms with Gasteiger partial charge in [0.25, 0.3) is 0 Å². The van der Waals surface area contributed by atoms with Gasteiger partial charge in [-0.1, -0.05) is 170 Å². The van der Waals surface area contributed by atoms with E-state index in [2.05, 4.69) is 229 Å². The second-order valence-electron chi connectivity index (χ2n) is 15.7. The highest BCUT2D eigenvalue weighted by Crippen LogP contribution is 2.51. The van der Waals surface area contributed by atoms with Crippen molar-refractivity contribution in [2.24, 2.45) is 0 Å². The fraction of sp³-hybridized carbons (Fsp3) is 0. The van der Waals surface area contributed by atoms with Crippen LogP contribution in [0.25, 0.3) is 97.4 Å². The summed E-state index contributed by atoms with van der Waals surface area (Å²) in [5.41, 5.74) is 14.5. The monoisotopic (exact) mass is 795 g/mol. The summed E-state index contributed by atoms with van der Waals surface area (Å²) in [5.74, 6) is 0. The maximum Gasteiger partial charge on any atom is 0.137 e. The normalized spacial score (nSPS) is 11.6. The van der Waals surface area contributed by atoms with E-state index in [1.807, 2.05) is 11.3 Å². The van der Waals surface area contributed by atoms with Crippen LogP contribution < -0.4 is 4.90 Å². The Bertz CT molecular complexity index is 3570. The first-order chi connectivity index (χ1) is 30.2. The van der Waals surface area contributed by atoms with Crippen LogP contribution in [-0.4, -0.2) is 0 Å². The first-order valence-corrected chi connectivity index (χ1v) is 21.6. The van der Waals surface area contributed by atoms with Crippen molar-refractivity contribution < 1.29 is 4.42 Å². The molecule has 12 rings (SSSR count).